The molecule has 8 aromatic carbocycles. The number of hydrogen-bond acceptors (Lipinski definition) is 2. The number of hydrogen-bond donors (Lipinski definition) is 0. The predicted octanol–water partition coefficient (Wildman–Crippen LogP) is 13.3. The average molecular weight is 740 g/mol. The summed E-state index contributed by atoms with van der Waals surface area (Å²) < 4.78 is 2.37. The van der Waals surface area contributed by atoms with Crippen molar-refractivity contribution in [2.45, 2.75) is 24.7 Å². The third-order valence-electron chi connectivity index (χ3n) is 16.2. The molecule has 0 aliphatic heterocycles. The predicted molar refractivity (Wildman–Crippen MR) is 236 cm³/mol. The molecule has 10 aromatic rings. The van der Waals surface area contributed by atoms with Crippen LogP contribution in [0.2, 0.25) is 0 Å². The van der Waals surface area contributed by atoms with E-state index in [9.17, 15) is 0 Å². The fraction of sp³-hybridized carbons (Fsp3) is 0.164. The Morgan fingerprint density at radius 2 is 1.12 bits per heavy atom. The van der Waals surface area contributed by atoms with E-state index in [2.05, 4.69) is 168 Å². The lowest BCUT2D eigenvalue weighted by molar-refractivity contribution is -0.412. The fourth-order valence-electron chi connectivity index (χ4n) is 14.0. The van der Waals surface area contributed by atoms with E-state index < -0.39 is 0 Å². The minimum absolute atomic E-state index is 0.234. The molecule has 3 nitrogen and oxygen atoms in total. The summed E-state index contributed by atoms with van der Waals surface area (Å²) in [5.41, 5.74) is 15.6. The SMILES string of the molecule is c1ccc2c(c1)-c1cc(-c3ccc4c(c3)c3c5ccccc5ccc3n4-c3nc4ccccc4nc3-c3ccc4ccccc4c3)ccc1C21C2CC3CC4CC1C342. The van der Waals surface area contributed by atoms with Gasteiger partial charge in [0.1, 0.15) is 5.69 Å². The van der Waals surface area contributed by atoms with Crippen LogP contribution in [0.1, 0.15) is 30.4 Å². The molecule has 0 radical (unpaired) electrons. The Morgan fingerprint density at radius 1 is 0.466 bits per heavy atom. The molecule has 2 spiro atoms. The third kappa shape index (κ3) is 3.37. The number of fused-ring (bicyclic) bond motifs is 14. The van der Waals surface area contributed by atoms with Gasteiger partial charge in [-0.2, -0.15) is 0 Å². The van der Waals surface area contributed by atoms with E-state index in [-0.39, 0.29) is 5.41 Å². The van der Waals surface area contributed by atoms with E-state index in [4.69, 9.17) is 9.97 Å². The normalized spacial score (nSPS) is 25.5. The highest BCUT2D eigenvalue weighted by atomic mass is 15.1. The van der Waals surface area contributed by atoms with Crippen molar-refractivity contribution in [2.24, 2.45) is 29.1 Å². The summed E-state index contributed by atoms with van der Waals surface area (Å²) >= 11 is 0. The molecule has 4 saturated carbocycles. The zero-order valence-electron chi connectivity index (χ0n) is 31.9. The number of benzene rings is 8. The van der Waals surface area contributed by atoms with E-state index in [0.29, 0.717) is 5.41 Å². The highest BCUT2D eigenvalue weighted by molar-refractivity contribution is 6.22. The van der Waals surface area contributed by atoms with Crippen molar-refractivity contribution in [3.8, 4) is 39.3 Å². The maximum Gasteiger partial charge on any atom is 0.165 e. The molecule has 3 heteroatoms. The molecule has 4 unspecified atom stereocenters. The molecule has 15 rings (SSSR count). The second-order valence-corrected chi connectivity index (χ2v) is 18.1. The number of aromatic nitrogens is 3. The van der Waals surface area contributed by atoms with Gasteiger partial charge in [-0.1, -0.05) is 121 Å². The molecule has 2 heterocycles. The Morgan fingerprint density at radius 3 is 1.98 bits per heavy atom. The monoisotopic (exact) mass is 739 g/mol. The van der Waals surface area contributed by atoms with Gasteiger partial charge >= 0.3 is 0 Å². The van der Waals surface area contributed by atoms with Crippen LogP contribution >= 0.6 is 0 Å². The lowest BCUT2D eigenvalue weighted by Crippen LogP contribution is -2.88. The largest absolute Gasteiger partial charge is 0.292 e. The van der Waals surface area contributed by atoms with Crippen LogP contribution in [0, 0.1) is 29.1 Å². The van der Waals surface area contributed by atoms with Crippen molar-refractivity contribution in [1.29, 1.82) is 0 Å². The Bertz CT molecular complexity index is 3480. The molecule has 4 fully saturated rings. The third-order valence-corrected chi connectivity index (χ3v) is 16.2. The number of para-hydroxylation sites is 2. The molecule has 272 valence electrons. The van der Waals surface area contributed by atoms with Gasteiger partial charge in [-0.05, 0) is 146 Å². The smallest absolute Gasteiger partial charge is 0.165 e. The number of rotatable bonds is 3. The summed E-state index contributed by atoms with van der Waals surface area (Å²) in [6, 6.07) is 60.9. The Hall–Kier alpha value is -6.58. The highest BCUT2D eigenvalue weighted by Crippen LogP contribution is 2.94. The van der Waals surface area contributed by atoms with Gasteiger partial charge in [0.25, 0.3) is 0 Å². The Kier molecular flexibility index (Phi) is 5.42. The van der Waals surface area contributed by atoms with Gasteiger partial charge in [0, 0.05) is 21.8 Å². The van der Waals surface area contributed by atoms with Gasteiger partial charge in [0.05, 0.1) is 22.1 Å². The van der Waals surface area contributed by atoms with Gasteiger partial charge in [-0.3, -0.25) is 4.57 Å². The maximum atomic E-state index is 5.46. The molecule has 4 atom stereocenters. The molecular formula is C55H37N3. The van der Waals surface area contributed by atoms with Crippen molar-refractivity contribution in [2.75, 3.05) is 0 Å². The van der Waals surface area contributed by atoms with Crippen molar-refractivity contribution >= 4 is 54.4 Å². The lowest BCUT2D eigenvalue weighted by atomic mass is 9.11. The average Bonchev–Trinajstić information content (AvgIpc) is 3.75. The highest BCUT2D eigenvalue weighted by Gasteiger charge is 2.90. The van der Waals surface area contributed by atoms with E-state index in [1.807, 2.05) is 0 Å². The first-order valence-corrected chi connectivity index (χ1v) is 21.2. The Labute approximate surface area is 335 Å². The first-order chi connectivity index (χ1) is 28.7. The quantitative estimate of drug-likeness (QED) is 0.181. The second kappa shape index (κ2) is 10.3. The zero-order valence-corrected chi connectivity index (χ0v) is 31.9. The lowest BCUT2D eigenvalue weighted by Gasteiger charge is -2.92. The molecule has 0 N–H and O–H groups in total. The van der Waals surface area contributed by atoms with Crippen LogP contribution < -0.4 is 0 Å². The molecule has 0 amide bonds. The van der Waals surface area contributed by atoms with Gasteiger partial charge in [0.2, 0.25) is 0 Å². The molecule has 5 aliphatic rings. The molecule has 0 saturated heterocycles. The van der Waals surface area contributed by atoms with Crippen molar-refractivity contribution in [3.63, 3.8) is 0 Å². The number of nitrogens with zero attached hydrogens (tertiary/aromatic N) is 3. The van der Waals surface area contributed by atoms with Gasteiger partial charge in [0.15, 0.2) is 5.82 Å². The van der Waals surface area contributed by atoms with Crippen LogP contribution in [-0.2, 0) is 5.41 Å². The van der Waals surface area contributed by atoms with Crippen molar-refractivity contribution in [3.05, 3.63) is 175 Å². The van der Waals surface area contributed by atoms with E-state index >= 15 is 0 Å². The summed E-state index contributed by atoms with van der Waals surface area (Å²) in [7, 11) is 0. The summed E-state index contributed by atoms with van der Waals surface area (Å²) in [4.78, 5) is 10.8. The van der Waals surface area contributed by atoms with Crippen molar-refractivity contribution < 1.29 is 0 Å². The first kappa shape index (κ1) is 30.5. The molecule has 2 aromatic heterocycles. The topological polar surface area (TPSA) is 30.7 Å². The molecule has 0 bridgehead atoms. The molecule has 5 aliphatic carbocycles. The molecule has 58 heavy (non-hydrogen) atoms. The van der Waals surface area contributed by atoms with E-state index in [0.717, 1.165) is 62.8 Å². The standard InChI is InChI=1S/C55H37N3/c1-2-11-33-25-36(18-17-31(33)9-1)52-53(57-46-16-8-7-15-45(46)56-52)58-47-23-21-35(27-42(47)51-39-12-4-3-10-32(39)20-24-48(51)58)34-19-22-44-41(26-34)40-13-5-6-14-43(40)55(44)49-29-37-28-38-30-50(55)54(37,38)49/h1-27,37-38,49-50H,28-30H2. The van der Waals surface area contributed by atoms with Crippen LogP contribution in [0.5, 0.6) is 0 Å². The minimum atomic E-state index is 0.234. The van der Waals surface area contributed by atoms with Crippen LogP contribution in [-0.4, -0.2) is 14.5 Å². The fourth-order valence-corrected chi connectivity index (χ4v) is 14.0. The summed E-state index contributed by atoms with van der Waals surface area (Å²) in [5, 5.41) is 7.37. The molecular weight excluding hydrogens is 703 g/mol. The van der Waals surface area contributed by atoms with Crippen LogP contribution in [0.4, 0.5) is 0 Å². The van der Waals surface area contributed by atoms with Crippen LogP contribution in [0.15, 0.2) is 164 Å². The van der Waals surface area contributed by atoms with Gasteiger partial charge < -0.3 is 0 Å². The van der Waals surface area contributed by atoms with Crippen molar-refractivity contribution in [1.82, 2.24) is 14.5 Å². The summed E-state index contributed by atoms with van der Waals surface area (Å²) in [6.07, 6.45) is 4.37. The Balaban J connectivity index is 0.963. The van der Waals surface area contributed by atoms with Crippen LogP contribution in [0.25, 0.3) is 93.7 Å². The van der Waals surface area contributed by atoms with Gasteiger partial charge in [-0.25, -0.2) is 9.97 Å². The zero-order chi connectivity index (χ0) is 37.5. The minimum Gasteiger partial charge on any atom is -0.292 e. The summed E-state index contributed by atoms with van der Waals surface area (Å²) in [6.45, 7) is 0. The van der Waals surface area contributed by atoms with Gasteiger partial charge in [-0.15, -0.1) is 0 Å². The summed E-state index contributed by atoms with van der Waals surface area (Å²) in [5.74, 6) is 4.54. The first-order valence-electron chi connectivity index (χ1n) is 21.2. The maximum absolute atomic E-state index is 5.46. The van der Waals surface area contributed by atoms with E-state index in [1.165, 1.54) is 73.8 Å². The van der Waals surface area contributed by atoms with Crippen LogP contribution in [0.3, 0.4) is 0 Å². The second-order valence-electron chi connectivity index (χ2n) is 18.1. The van der Waals surface area contributed by atoms with E-state index in [1.54, 1.807) is 11.1 Å².